The SMILES string of the molecule is O=C1CCc2ccc(OC/C(Cl)=C\Cl)cc2N1. The fourth-order valence-electron chi connectivity index (χ4n) is 1.62. The van der Waals surface area contributed by atoms with E-state index in [4.69, 9.17) is 27.9 Å². The maximum Gasteiger partial charge on any atom is 0.224 e. The zero-order valence-electron chi connectivity index (χ0n) is 9.00. The molecule has 1 aromatic carbocycles. The van der Waals surface area contributed by atoms with Crippen LogP contribution in [-0.4, -0.2) is 12.5 Å². The fourth-order valence-corrected chi connectivity index (χ4v) is 1.74. The lowest BCUT2D eigenvalue weighted by Crippen LogP contribution is -2.18. The van der Waals surface area contributed by atoms with E-state index < -0.39 is 0 Å². The molecule has 3 nitrogen and oxygen atoms in total. The second-order valence-corrected chi connectivity index (χ2v) is 4.42. The molecule has 17 heavy (non-hydrogen) atoms. The normalized spacial score (nSPS) is 15.2. The lowest BCUT2D eigenvalue weighted by molar-refractivity contribution is -0.116. The van der Waals surface area contributed by atoms with Crippen molar-refractivity contribution < 1.29 is 9.53 Å². The summed E-state index contributed by atoms with van der Waals surface area (Å²) in [5, 5.41) is 3.23. The van der Waals surface area contributed by atoms with Crippen molar-refractivity contribution in [3.05, 3.63) is 34.3 Å². The minimum absolute atomic E-state index is 0.0355. The molecular weight excluding hydrogens is 261 g/mol. The summed E-state index contributed by atoms with van der Waals surface area (Å²) in [6.45, 7) is 0.220. The van der Waals surface area contributed by atoms with Crippen LogP contribution in [0.1, 0.15) is 12.0 Å². The standard InChI is InChI=1S/C12H11Cl2NO2/c13-6-9(14)7-17-10-3-1-8-2-4-12(16)15-11(8)5-10/h1,3,5-6H,2,4,7H2,(H,15,16)/b9-6+. The molecule has 1 aliphatic rings. The molecule has 1 aromatic rings. The largest absolute Gasteiger partial charge is 0.488 e. The summed E-state index contributed by atoms with van der Waals surface area (Å²) in [7, 11) is 0. The Hall–Kier alpha value is -1.19. The topological polar surface area (TPSA) is 38.3 Å². The number of carbonyl (C=O) groups is 1. The molecule has 1 heterocycles. The van der Waals surface area contributed by atoms with Gasteiger partial charge in [0.05, 0.1) is 5.03 Å². The van der Waals surface area contributed by atoms with Crippen LogP contribution in [-0.2, 0) is 11.2 Å². The number of amides is 1. The van der Waals surface area contributed by atoms with Crippen molar-refractivity contribution in [3.63, 3.8) is 0 Å². The second-order valence-electron chi connectivity index (χ2n) is 3.71. The van der Waals surface area contributed by atoms with Crippen LogP contribution < -0.4 is 10.1 Å². The Bertz CT molecular complexity index is 472. The highest BCUT2D eigenvalue weighted by atomic mass is 35.5. The zero-order valence-corrected chi connectivity index (χ0v) is 10.5. The Morgan fingerprint density at radius 1 is 1.47 bits per heavy atom. The van der Waals surface area contributed by atoms with Gasteiger partial charge in [-0.25, -0.2) is 0 Å². The predicted octanol–water partition coefficient (Wildman–Crippen LogP) is 3.27. The van der Waals surface area contributed by atoms with E-state index >= 15 is 0 Å². The number of fused-ring (bicyclic) bond motifs is 1. The van der Waals surface area contributed by atoms with Crippen LogP contribution in [0.25, 0.3) is 0 Å². The molecule has 0 unspecified atom stereocenters. The van der Waals surface area contributed by atoms with Gasteiger partial charge in [0.25, 0.3) is 0 Å². The summed E-state index contributed by atoms with van der Waals surface area (Å²) in [5.74, 6) is 0.691. The number of halogens is 2. The van der Waals surface area contributed by atoms with Crippen molar-refractivity contribution in [1.29, 1.82) is 0 Å². The van der Waals surface area contributed by atoms with Crippen molar-refractivity contribution in [3.8, 4) is 5.75 Å². The van der Waals surface area contributed by atoms with Crippen LogP contribution in [0.5, 0.6) is 5.75 Å². The summed E-state index contributed by atoms with van der Waals surface area (Å²) in [5.41, 5.74) is 3.20. The Kier molecular flexibility index (Phi) is 3.92. The highest BCUT2D eigenvalue weighted by molar-refractivity contribution is 6.36. The van der Waals surface area contributed by atoms with Gasteiger partial charge in [0.1, 0.15) is 12.4 Å². The molecule has 0 atom stereocenters. The summed E-state index contributed by atoms with van der Waals surface area (Å²) >= 11 is 11.1. The number of nitrogens with one attached hydrogen (secondary N) is 1. The molecule has 0 radical (unpaired) electrons. The first-order valence-corrected chi connectivity index (χ1v) is 6.01. The van der Waals surface area contributed by atoms with E-state index in [1.165, 1.54) is 5.54 Å². The fraction of sp³-hybridized carbons (Fsp3) is 0.250. The number of carbonyl (C=O) groups excluding carboxylic acids is 1. The highest BCUT2D eigenvalue weighted by Crippen LogP contribution is 2.27. The van der Waals surface area contributed by atoms with Crippen LogP contribution >= 0.6 is 23.2 Å². The Morgan fingerprint density at radius 3 is 3.06 bits per heavy atom. The van der Waals surface area contributed by atoms with E-state index in [0.717, 1.165) is 17.7 Å². The molecule has 0 spiro atoms. The number of rotatable bonds is 3. The molecule has 90 valence electrons. The number of anilines is 1. The second kappa shape index (κ2) is 5.43. The molecule has 0 fully saturated rings. The monoisotopic (exact) mass is 271 g/mol. The summed E-state index contributed by atoms with van der Waals surface area (Å²) in [4.78, 5) is 11.2. The van der Waals surface area contributed by atoms with Crippen molar-refractivity contribution in [2.24, 2.45) is 0 Å². The van der Waals surface area contributed by atoms with Gasteiger partial charge in [0, 0.05) is 23.7 Å². The summed E-state index contributed by atoms with van der Waals surface area (Å²) in [6, 6.07) is 5.60. The maximum absolute atomic E-state index is 11.2. The van der Waals surface area contributed by atoms with Gasteiger partial charge >= 0.3 is 0 Å². The van der Waals surface area contributed by atoms with Crippen molar-refractivity contribution in [2.45, 2.75) is 12.8 Å². The Labute approximate surface area is 109 Å². The van der Waals surface area contributed by atoms with Crippen molar-refractivity contribution >= 4 is 34.8 Å². The molecule has 2 rings (SSSR count). The van der Waals surface area contributed by atoms with Gasteiger partial charge in [0.15, 0.2) is 0 Å². The molecule has 0 saturated carbocycles. The molecule has 0 saturated heterocycles. The van der Waals surface area contributed by atoms with Gasteiger partial charge in [-0.3, -0.25) is 4.79 Å². The molecule has 0 bridgehead atoms. The van der Waals surface area contributed by atoms with Gasteiger partial charge in [-0.15, -0.1) is 0 Å². The van der Waals surface area contributed by atoms with Crippen molar-refractivity contribution in [2.75, 3.05) is 11.9 Å². The first-order valence-electron chi connectivity index (χ1n) is 5.19. The molecule has 0 aromatic heterocycles. The average molecular weight is 272 g/mol. The van der Waals surface area contributed by atoms with E-state index in [0.29, 0.717) is 17.2 Å². The maximum atomic E-state index is 11.2. The predicted molar refractivity (Wildman–Crippen MR) is 68.7 cm³/mol. The van der Waals surface area contributed by atoms with E-state index in [-0.39, 0.29) is 12.5 Å². The van der Waals surface area contributed by atoms with Gasteiger partial charge in [-0.05, 0) is 18.1 Å². The molecule has 5 heteroatoms. The Balaban J connectivity index is 2.10. The minimum Gasteiger partial charge on any atom is -0.488 e. The number of hydrogen-bond donors (Lipinski definition) is 1. The van der Waals surface area contributed by atoms with Crippen LogP contribution in [0, 0.1) is 0 Å². The third-order valence-electron chi connectivity index (χ3n) is 2.47. The van der Waals surface area contributed by atoms with Crippen LogP contribution in [0.3, 0.4) is 0 Å². The van der Waals surface area contributed by atoms with E-state index in [1.54, 1.807) is 6.07 Å². The average Bonchev–Trinajstić information content (AvgIpc) is 2.35. The third kappa shape index (κ3) is 3.14. The summed E-state index contributed by atoms with van der Waals surface area (Å²) in [6.07, 6.45) is 1.30. The van der Waals surface area contributed by atoms with Crippen molar-refractivity contribution in [1.82, 2.24) is 0 Å². The highest BCUT2D eigenvalue weighted by Gasteiger charge is 2.14. The van der Waals surface area contributed by atoms with E-state index in [9.17, 15) is 4.79 Å². The smallest absolute Gasteiger partial charge is 0.224 e. The van der Waals surface area contributed by atoms with E-state index in [1.807, 2.05) is 12.1 Å². The van der Waals surface area contributed by atoms with Gasteiger partial charge in [-0.1, -0.05) is 29.3 Å². The van der Waals surface area contributed by atoms with E-state index in [2.05, 4.69) is 5.32 Å². The molecule has 1 N–H and O–H groups in total. The summed E-state index contributed by atoms with van der Waals surface area (Å²) < 4.78 is 5.42. The number of aryl methyl sites for hydroxylation is 1. The first kappa shape index (κ1) is 12.3. The number of hydrogen-bond acceptors (Lipinski definition) is 2. The quantitative estimate of drug-likeness (QED) is 0.917. The molecule has 1 aliphatic heterocycles. The zero-order chi connectivity index (χ0) is 12.3. The third-order valence-corrected chi connectivity index (χ3v) is 3.07. The molecule has 0 aliphatic carbocycles. The number of benzene rings is 1. The Morgan fingerprint density at radius 2 is 2.29 bits per heavy atom. The molecular formula is C12H11Cl2NO2. The lowest BCUT2D eigenvalue weighted by Gasteiger charge is -2.17. The van der Waals surface area contributed by atoms with Crippen LogP contribution in [0.15, 0.2) is 28.8 Å². The minimum atomic E-state index is 0.0355. The van der Waals surface area contributed by atoms with Gasteiger partial charge in [0.2, 0.25) is 5.91 Å². The molecule has 1 amide bonds. The van der Waals surface area contributed by atoms with Gasteiger partial charge < -0.3 is 10.1 Å². The van der Waals surface area contributed by atoms with Gasteiger partial charge in [-0.2, -0.15) is 0 Å². The lowest BCUT2D eigenvalue weighted by atomic mass is 10.0. The first-order chi connectivity index (χ1) is 8.19. The van der Waals surface area contributed by atoms with Crippen LogP contribution in [0.4, 0.5) is 5.69 Å². The number of ether oxygens (including phenoxy) is 1. The van der Waals surface area contributed by atoms with Crippen LogP contribution in [0.2, 0.25) is 0 Å².